The number of nitrogens with zero attached hydrogens (tertiary/aromatic N) is 1. The van der Waals surface area contributed by atoms with Crippen LogP contribution in [-0.2, 0) is 0 Å². The number of amides is 1. The standard InChI is InChI=1S/C16H14FNO3/c1-5-11-13(17)8-14(19)12-7-10(6-9(2)15(11)12)21-16(20)18(3)4/h1,6-8,19H,2-4H3. The third-order valence-electron chi connectivity index (χ3n) is 3.05. The molecule has 5 heteroatoms. The van der Waals surface area contributed by atoms with E-state index in [1.165, 1.54) is 11.0 Å². The lowest BCUT2D eigenvalue weighted by Gasteiger charge is -2.14. The minimum Gasteiger partial charge on any atom is -0.507 e. The first-order valence-electron chi connectivity index (χ1n) is 6.16. The first-order chi connectivity index (χ1) is 9.85. The van der Waals surface area contributed by atoms with Gasteiger partial charge >= 0.3 is 6.09 Å². The first kappa shape index (κ1) is 14.7. The maximum Gasteiger partial charge on any atom is 0.414 e. The van der Waals surface area contributed by atoms with Crippen LogP contribution in [0.1, 0.15) is 11.1 Å². The molecule has 0 heterocycles. The zero-order valence-electron chi connectivity index (χ0n) is 11.9. The number of aromatic hydroxyl groups is 1. The Balaban J connectivity index is 2.67. The molecule has 0 atom stereocenters. The van der Waals surface area contributed by atoms with Crippen LogP contribution in [0.15, 0.2) is 18.2 Å². The van der Waals surface area contributed by atoms with Gasteiger partial charge in [0.15, 0.2) is 0 Å². The summed E-state index contributed by atoms with van der Waals surface area (Å²) >= 11 is 0. The van der Waals surface area contributed by atoms with Crippen molar-refractivity contribution in [2.24, 2.45) is 0 Å². The third kappa shape index (κ3) is 2.61. The number of aryl methyl sites for hydroxylation is 1. The van der Waals surface area contributed by atoms with Crippen LogP contribution < -0.4 is 4.74 Å². The number of phenols is 1. The molecule has 0 unspecified atom stereocenters. The highest BCUT2D eigenvalue weighted by Crippen LogP contribution is 2.35. The van der Waals surface area contributed by atoms with E-state index < -0.39 is 11.9 Å². The lowest BCUT2D eigenvalue weighted by molar-refractivity contribution is 0.172. The fraction of sp³-hybridized carbons (Fsp3) is 0.188. The van der Waals surface area contributed by atoms with Crippen LogP contribution in [0.3, 0.4) is 0 Å². The number of fused-ring (bicyclic) bond motifs is 1. The Kier molecular flexibility index (Phi) is 3.72. The molecule has 0 aliphatic carbocycles. The van der Waals surface area contributed by atoms with E-state index in [0.29, 0.717) is 16.3 Å². The van der Waals surface area contributed by atoms with E-state index in [2.05, 4.69) is 5.92 Å². The van der Waals surface area contributed by atoms with E-state index in [1.54, 1.807) is 27.1 Å². The molecular weight excluding hydrogens is 273 g/mol. The molecular formula is C16H14FNO3. The van der Waals surface area contributed by atoms with Gasteiger partial charge in [0.05, 0.1) is 5.56 Å². The molecule has 108 valence electrons. The van der Waals surface area contributed by atoms with Gasteiger partial charge in [0.25, 0.3) is 0 Å². The molecule has 2 aromatic rings. The fourth-order valence-electron chi connectivity index (χ4n) is 2.07. The van der Waals surface area contributed by atoms with Gasteiger partial charge in [-0.2, -0.15) is 0 Å². The second-order valence-electron chi connectivity index (χ2n) is 4.82. The quantitative estimate of drug-likeness (QED) is 0.820. The van der Waals surface area contributed by atoms with Crippen molar-refractivity contribution in [2.45, 2.75) is 6.92 Å². The Morgan fingerprint density at radius 3 is 2.62 bits per heavy atom. The van der Waals surface area contributed by atoms with Crippen molar-refractivity contribution in [3.8, 4) is 23.8 Å². The van der Waals surface area contributed by atoms with Crippen molar-refractivity contribution < 1.29 is 19.0 Å². The van der Waals surface area contributed by atoms with E-state index >= 15 is 0 Å². The number of rotatable bonds is 1. The summed E-state index contributed by atoms with van der Waals surface area (Å²) in [6, 6.07) is 3.98. The van der Waals surface area contributed by atoms with Gasteiger partial charge in [-0.05, 0) is 24.6 Å². The number of terminal acetylenes is 1. The molecule has 0 aromatic heterocycles. The van der Waals surface area contributed by atoms with Crippen molar-refractivity contribution in [2.75, 3.05) is 14.1 Å². The van der Waals surface area contributed by atoms with Crippen LogP contribution >= 0.6 is 0 Å². The van der Waals surface area contributed by atoms with Crippen LogP contribution in [0.5, 0.6) is 11.5 Å². The smallest absolute Gasteiger partial charge is 0.414 e. The number of carbonyl (C=O) groups excluding carboxylic acids is 1. The van der Waals surface area contributed by atoms with Crippen LogP contribution in [0, 0.1) is 25.1 Å². The molecule has 2 aromatic carbocycles. The van der Waals surface area contributed by atoms with Crippen molar-refractivity contribution in [1.29, 1.82) is 0 Å². The predicted molar refractivity (Wildman–Crippen MR) is 78.0 cm³/mol. The maximum atomic E-state index is 13.8. The van der Waals surface area contributed by atoms with Crippen molar-refractivity contribution in [1.82, 2.24) is 4.90 Å². The van der Waals surface area contributed by atoms with E-state index in [9.17, 15) is 14.3 Å². The molecule has 4 nitrogen and oxygen atoms in total. The predicted octanol–water partition coefficient (Wildman–Crippen LogP) is 3.03. The van der Waals surface area contributed by atoms with Gasteiger partial charge in [0.2, 0.25) is 0 Å². The third-order valence-corrected chi connectivity index (χ3v) is 3.05. The number of carbonyl (C=O) groups is 1. The van der Waals surface area contributed by atoms with E-state index in [4.69, 9.17) is 11.2 Å². The SMILES string of the molecule is C#Cc1c(F)cc(O)c2cc(OC(=O)N(C)C)cc(C)c12. The number of benzene rings is 2. The molecule has 0 spiro atoms. The van der Waals surface area contributed by atoms with Gasteiger partial charge in [0, 0.05) is 30.9 Å². The summed E-state index contributed by atoms with van der Waals surface area (Å²) in [5.41, 5.74) is 0.683. The van der Waals surface area contributed by atoms with Crippen LogP contribution in [-0.4, -0.2) is 30.2 Å². The van der Waals surface area contributed by atoms with Crippen molar-refractivity contribution >= 4 is 16.9 Å². The summed E-state index contributed by atoms with van der Waals surface area (Å²) in [5, 5.41) is 10.7. The fourth-order valence-corrected chi connectivity index (χ4v) is 2.07. The number of phenolic OH excluding ortho intramolecular Hbond substituents is 1. The Hall–Kier alpha value is -2.74. The molecule has 0 radical (unpaired) electrons. The van der Waals surface area contributed by atoms with E-state index in [-0.39, 0.29) is 17.1 Å². The molecule has 0 aliphatic heterocycles. The average Bonchev–Trinajstić information content (AvgIpc) is 2.40. The number of halogens is 1. The number of ether oxygens (including phenoxy) is 1. The summed E-state index contributed by atoms with van der Waals surface area (Å²) in [6.07, 6.45) is 4.78. The minimum absolute atomic E-state index is 0.0748. The van der Waals surface area contributed by atoms with Gasteiger partial charge in [-0.25, -0.2) is 9.18 Å². The van der Waals surface area contributed by atoms with Crippen LogP contribution in [0.25, 0.3) is 10.8 Å². The summed E-state index contributed by atoms with van der Waals surface area (Å²) in [7, 11) is 3.11. The van der Waals surface area contributed by atoms with Gasteiger partial charge in [0.1, 0.15) is 17.3 Å². The molecule has 0 bridgehead atoms. The highest BCUT2D eigenvalue weighted by molar-refractivity contribution is 5.96. The molecule has 21 heavy (non-hydrogen) atoms. The van der Waals surface area contributed by atoms with E-state index in [0.717, 1.165) is 6.07 Å². The molecule has 1 amide bonds. The summed E-state index contributed by atoms with van der Waals surface area (Å²) in [5.74, 6) is 1.62. The Labute approximate surface area is 121 Å². The molecule has 0 aliphatic rings. The topological polar surface area (TPSA) is 49.8 Å². The normalized spacial score (nSPS) is 10.2. The van der Waals surface area contributed by atoms with Crippen molar-refractivity contribution in [3.05, 3.63) is 35.1 Å². The summed E-state index contributed by atoms with van der Waals surface area (Å²) in [4.78, 5) is 12.8. The van der Waals surface area contributed by atoms with Gasteiger partial charge in [-0.15, -0.1) is 6.42 Å². The maximum absolute atomic E-state index is 13.8. The van der Waals surface area contributed by atoms with Gasteiger partial charge in [-0.3, -0.25) is 0 Å². The zero-order valence-corrected chi connectivity index (χ0v) is 11.9. The Bertz CT molecular complexity index is 775. The first-order valence-corrected chi connectivity index (χ1v) is 6.16. The molecule has 0 fully saturated rings. The van der Waals surface area contributed by atoms with E-state index in [1.807, 2.05) is 0 Å². The highest BCUT2D eigenvalue weighted by Gasteiger charge is 2.15. The molecule has 2 rings (SSSR count). The van der Waals surface area contributed by atoms with Crippen molar-refractivity contribution in [3.63, 3.8) is 0 Å². The second kappa shape index (κ2) is 5.33. The van der Waals surface area contributed by atoms with Crippen LogP contribution in [0.2, 0.25) is 0 Å². The van der Waals surface area contributed by atoms with Gasteiger partial charge < -0.3 is 14.7 Å². The minimum atomic E-state index is -0.663. The summed E-state index contributed by atoms with van der Waals surface area (Å²) in [6.45, 7) is 1.70. The van der Waals surface area contributed by atoms with Crippen LogP contribution in [0.4, 0.5) is 9.18 Å². The lowest BCUT2D eigenvalue weighted by Crippen LogP contribution is -2.25. The monoisotopic (exact) mass is 287 g/mol. The molecule has 1 N–H and O–H groups in total. The lowest BCUT2D eigenvalue weighted by atomic mass is 9.98. The zero-order chi connectivity index (χ0) is 15.7. The number of hydrogen-bond acceptors (Lipinski definition) is 3. The van der Waals surface area contributed by atoms with Gasteiger partial charge in [-0.1, -0.05) is 5.92 Å². The average molecular weight is 287 g/mol. The molecule has 0 saturated heterocycles. The second-order valence-corrected chi connectivity index (χ2v) is 4.82. The molecule has 0 saturated carbocycles. The Morgan fingerprint density at radius 2 is 2.05 bits per heavy atom. The number of hydrogen-bond donors (Lipinski definition) is 1. The largest absolute Gasteiger partial charge is 0.507 e. The highest BCUT2D eigenvalue weighted by atomic mass is 19.1. The Morgan fingerprint density at radius 1 is 1.38 bits per heavy atom. The summed E-state index contributed by atoms with van der Waals surface area (Å²) < 4.78 is 18.9.